The van der Waals surface area contributed by atoms with Crippen LogP contribution in [-0.2, 0) is 0 Å². The van der Waals surface area contributed by atoms with Crippen LogP contribution in [0, 0.1) is 0 Å². The molecular formula is C14H18N2OS. The molecule has 1 N–H and O–H groups in total. The quantitative estimate of drug-likeness (QED) is 0.867. The van der Waals surface area contributed by atoms with E-state index in [9.17, 15) is 0 Å². The molecule has 1 heterocycles. The summed E-state index contributed by atoms with van der Waals surface area (Å²) in [7, 11) is 1.68. The van der Waals surface area contributed by atoms with Crippen LogP contribution in [0.4, 0.5) is 0 Å². The van der Waals surface area contributed by atoms with Crippen LogP contribution in [0.1, 0.15) is 30.6 Å². The highest BCUT2D eigenvalue weighted by molar-refractivity contribution is 7.07. The Hall–Kier alpha value is -1.39. The number of methoxy groups -OCH3 is 1. The zero-order valence-electron chi connectivity index (χ0n) is 10.7. The summed E-state index contributed by atoms with van der Waals surface area (Å²) in [6, 6.07) is 8.32. The molecule has 1 aromatic carbocycles. The van der Waals surface area contributed by atoms with E-state index >= 15 is 0 Å². The van der Waals surface area contributed by atoms with Crippen molar-refractivity contribution >= 4 is 11.3 Å². The fourth-order valence-corrected chi connectivity index (χ4v) is 2.42. The van der Waals surface area contributed by atoms with Crippen molar-refractivity contribution in [2.75, 3.05) is 13.7 Å². The second-order valence-electron chi connectivity index (χ2n) is 4.07. The van der Waals surface area contributed by atoms with Gasteiger partial charge in [0, 0.05) is 5.38 Å². The van der Waals surface area contributed by atoms with Crippen LogP contribution in [0.15, 0.2) is 35.2 Å². The monoisotopic (exact) mass is 262 g/mol. The second kappa shape index (κ2) is 6.52. The number of hydrogen-bond acceptors (Lipinski definition) is 4. The molecule has 1 unspecified atom stereocenters. The van der Waals surface area contributed by atoms with Gasteiger partial charge in [-0.2, -0.15) is 0 Å². The third-order valence-electron chi connectivity index (χ3n) is 2.79. The number of ether oxygens (including phenoxy) is 1. The van der Waals surface area contributed by atoms with Gasteiger partial charge in [0.05, 0.1) is 24.4 Å². The van der Waals surface area contributed by atoms with Crippen LogP contribution in [0.3, 0.4) is 0 Å². The van der Waals surface area contributed by atoms with Crippen LogP contribution in [-0.4, -0.2) is 18.6 Å². The Labute approximate surface area is 112 Å². The van der Waals surface area contributed by atoms with Crippen molar-refractivity contribution < 1.29 is 4.74 Å². The average molecular weight is 262 g/mol. The summed E-state index contributed by atoms with van der Waals surface area (Å²) in [4.78, 5) is 4.41. The van der Waals surface area contributed by atoms with Gasteiger partial charge in [0.15, 0.2) is 0 Å². The molecule has 0 aliphatic carbocycles. The Morgan fingerprint density at radius 3 is 2.67 bits per heavy atom. The van der Waals surface area contributed by atoms with Gasteiger partial charge in [0.25, 0.3) is 0 Å². The molecule has 0 bridgehead atoms. The molecule has 0 aliphatic heterocycles. The fraction of sp³-hybridized carbons (Fsp3) is 0.357. The first-order valence-electron chi connectivity index (χ1n) is 6.10. The standard InChI is InChI=1S/C14H18N2OS/c1-3-8-15-14(13-9-18-10-16-13)11-4-6-12(17-2)7-5-11/h4-7,9-10,14-15H,3,8H2,1-2H3. The highest BCUT2D eigenvalue weighted by Gasteiger charge is 2.14. The van der Waals surface area contributed by atoms with E-state index in [2.05, 4.69) is 34.7 Å². The van der Waals surface area contributed by atoms with E-state index in [-0.39, 0.29) is 6.04 Å². The summed E-state index contributed by atoms with van der Waals surface area (Å²) in [5.74, 6) is 0.881. The predicted octanol–water partition coefficient (Wildman–Crippen LogP) is 3.24. The van der Waals surface area contributed by atoms with E-state index in [1.807, 2.05) is 17.6 Å². The first-order valence-corrected chi connectivity index (χ1v) is 7.05. The molecule has 3 nitrogen and oxygen atoms in total. The third kappa shape index (κ3) is 3.09. The molecule has 4 heteroatoms. The summed E-state index contributed by atoms with van der Waals surface area (Å²) < 4.78 is 5.19. The van der Waals surface area contributed by atoms with Gasteiger partial charge < -0.3 is 10.1 Å². The molecule has 1 aromatic heterocycles. The van der Waals surface area contributed by atoms with Gasteiger partial charge in [-0.25, -0.2) is 4.98 Å². The lowest BCUT2D eigenvalue weighted by molar-refractivity contribution is 0.414. The zero-order chi connectivity index (χ0) is 12.8. The number of nitrogens with one attached hydrogen (secondary N) is 1. The van der Waals surface area contributed by atoms with Crippen molar-refractivity contribution in [1.29, 1.82) is 0 Å². The molecular weight excluding hydrogens is 244 g/mol. The number of thiazole rings is 1. The molecule has 0 saturated carbocycles. The number of nitrogens with zero attached hydrogens (tertiary/aromatic N) is 1. The number of aromatic nitrogens is 1. The molecule has 2 aromatic rings. The van der Waals surface area contributed by atoms with Crippen molar-refractivity contribution in [2.24, 2.45) is 0 Å². The maximum atomic E-state index is 5.19. The third-order valence-corrected chi connectivity index (χ3v) is 3.40. The largest absolute Gasteiger partial charge is 0.497 e. The van der Waals surface area contributed by atoms with Crippen molar-refractivity contribution in [2.45, 2.75) is 19.4 Å². The predicted molar refractivity (Wildman–Crippen MR) is 75.2 cm³/mol. The molecule has 0 aliphatic rings. The molecule has 0 saturated heterocycles. The Bertz CT molecular complexity index is 453. The van der Waals surface area contributed by atoms with Gasteiger partial charge >= 0.3 is 0 Å². The Morgan fingerprint density at radius 2 is 2.11 bits per heavy atom. The minimum Gasteiger partial charge on any atom is -0.497 e. The van der Waals surface area contributed by atoms with Crippen molar-refractivity contribution in [3.05, 3.63) is 46.4 Å². The molecule has 0 amide bonds. The first kappa shape index (κ1) is 13.1. The minimum atomic E-state index is 0.169. The Morgan fingerprint density at radius 1 is 1.33 bits per heavy atom. The molecule has 1 atom stereocenters. The number of hydrogen-bond donors (Lipinski definition) is 1. The van der Waals surface area contributed by atoms with E-state index < -0.39 is 0 Å². The van der Waals surface area contributed by atoms with Gasteiger partial charge in [-0.05, 0) is 30.7 Å². The molecule has 0 fully saturated rings. The SMILES string of the molecule is CCCNC(c1ccc(OC)cc1)c1cscn1. The van der Waals surface area contributed by atoms with Crippen molar-refractivity contribution in [3.8, 4) is 5.75 Å². The van der Waals surface area contributed by atoms with Crippen LogP contribution in [0.5, 0.6) is 5.75 Å². The van der Waals surface area contributed by atoms with Gasteiger partial charge in [-0.15, -0.1) is 11.3 Å². The van der Waals surface area contributed by atoms with Crippen LogP contribution in [0.25, 0.3) is 0 Å². The highest BCUT2D eigenvalue weighted by atomic mass is 32.1. The smallest absolute Gasteiger partial charge is 0.118 e. The van der Waals surface area contributed by atoms with E-state index in [0.717, 1.165) is 24.4 Å². The summed E-state index contributed by atoms with van der Waals surface area (Å²) in [6.45, 7) is 3.15. The maximum Gasteiger partial charge on any atom is 0.118 e. The van der Waals surface area contributed by atoms with Gasteiger partial charge in [0.1, 0.15) is 5.75 Å². The zero-order valence-corrected chi connectivity index (χ0v) is 11.5. The lowest BCUT2D eigenvalue weighted by Gasteiger charge is -2.17. The highest BCUT2D eigenvalue weighted by Crippen LogP contribution is 2.23. The van der Waals surface area contributed by atoms with Crippen LogP contribution in [0.2, 0.25) is 0 Å². The normalized spacial score (nSPS) is 12.3. The van der Waals surface area contributed by atoms with Gasteiger partial charge in [-0.1, -0.05) is 19.1 Å². The maximum absolute atomic E-state index is 5.19. The molecule has 2 rings (SSSR count). The molecule has 96 valence electrons. The van der Waals surface area contributed by atoms with E-state index in [4.69, 9.17) is 4.74 Å². The lowest BCUT2D eigenvalue weighted by atomic mass is 10.0. The minimum absolute atomic E-state index is 0.169. The van der Waals surface area contributed by atoms with Crippen LogP contribution < -0.4 is 10.1 Å². The molecule has 0 radical (unpaired) electrons. The van der Waals surface area contributed by atoms with Gasteiger partial charge in [0.2, 0.25) is 0 Å². The van der Waals surface area contributed by atoms with Gasteiger partial charge in [-0.3, -0.25) is 0 Å². The lowest BCUT2D eigenvalue weighted by Crippen LogP contribution is -2.23. The number of rotatable bonds is 6. The Balaban J connectivity index is 2.21. The molecule has 18 heavy (non-hydrogen) atoms. The topological polar surface area (TPSA) is 34.1 Å². The van der Waals surface area contributed by atoms with E-state index in [0.29, 0.717) is 0 Å². The molecule has 0 spiro atoms. The van der Waals surface area contributed by atoms with E-state index in [1.54, 1.807) is 18.4 Å². The van der Waals surface area contributed by atoms with Crippen LogP contribution >= 0.6 is 11.3 Å². The summed E-state index contributed by atoms with van der Waals surface area (Å²) >= 11 is 1.63. The summed E-state index contributed by atoms with van der Waals surface area (Å²) in [6.07, 6.45) is 1.11. The first-order chi connectivity index (χ1) is 8.85. The van der Waals surface area contributed by atoms with E-state index in [1.165, 1.54) is 5.56 Å². The fourth-order valence-electron chi connectivity index (χ4n) is 1.84. The second-order valence-corrected chi connectivity index (χ2v) is 4.79. The van der Waals surface area contributed by atoms with Crippen molar-refractivity contribution in [3.63, 3.8) is 0 Å². The average Bonchev–Trinajstić information content (AvgIpc) is 2.94. The summed E-state index contributed by atoms with van der Waals surface area (Å²) in [5.41, 5.74) is 4.17. The number of benzene rings is 1. The summed E-state index contributed by atoms with van der Waals surface area (Å²) in [5, 5.41) is 5.62. The van der Waals surface area contributed by atoms with Crippen molar-refractivity contribution in [1.82, 2.24) is 10.3 Å². The Kier molecular flexibility index (Phi) is 4.73.